The zero-order chi connectivity index (χ0) is 38.3. The van der Waals surface area contributed by atoms with Gasteiger partial charge < -0.3 is 28.8 Å². The van der Waals surface area contributed by atoms with Crippen molar-refractivity contribution >= 4 is 61.0 Å². The lowest BCUT2D eigenvalue weighted by molar-refractivity contribution is -0.136. The van der Waals surface area contributed by atoms with E-state index in [1.807, 2.05) is 54.6 Å². The van der Waals surface area contributed by atoms with Crippen LogP contribution in [0.25, 0.3) is 20.5 Å². The molecule has 1 fully saturated rings. The number of ether oxygens (including phenoxy) is 5. The number of phenols is 1. The van der Waals surface area contributed by atoms with Gasteiger partial charge in [0.15, 0.2) is 5.75 Å². The minimum atomic E-state index is -1.01. The first kappa shape index (κ1) is 38.0. The Bertz CT molecular complexity index is 2210. The first-order valence-electron chi connectivity index (χ1n) is 17.8. The van der Waals surface area contributed by atoms with Gasteiger partial charge in [0.1, 0.15) is 35.6 Å². The molecule has 0 saturated carbocycles. The quantitative estimate of drug-likeness (QED) is 0.0713. The molecule has 1 atom stereocenters. The van der Waals surface area contributed by atoms with E-state index in [-0.39, 0.29) is 29.7 Å². The predicted octanol–water partition coefficient (Wildman–Crippen LogP) is 7.50. The smallest absolute Gasteiger partial charge is 0.262 e. The molecule has 4 amide bonds. The average molecular weight is 830 g/mol. The number of aromatic hydroxyl groups is 1. The lowest BCUT2D eigenvalue weighted by Crippen LogP contribution is -2.54. The maximum atomic E-state index is 13.0. The molecule has 55 heavy (non-hydrogen) atoms. The third kappa shape index (κ3) is 9.00. The molecule has 12 nitrogen and oxygen atoms in total. The Morgan fingerprint density at radius 1 is 0.727 bits per heavy atom. The summed E-state index contributed by atoms with van der Waals surface area (Å²) in [5, 5.41) is 13.1. The van der Waals surface area contributed by atoms with Crippen LogP contribution in [0.3, 0.4) is 0 Å². The summed E-state index contributed by atoms with van der Waals surface area (Å²) < 4.78 is 31.3. The largest absolute Gasteiger partial charge is 0.508 e. The highest BCUT2D eigenvalue weighted by Crippen LogP contribution is 2.47. The molecule has 5 aromatic rings. The number of nitrogens with one attached hydrogen (secondary N) is 1. The van der Waals surface area contributed by atoms with Crippen LogP contribution in [0.1, 0.15) is 46.4 Å². The van der Waals surface area contributed by atoms with Gasteiger partial charge in [-0.2, -0.15) is 0 Å². The number of halogens is 1. The number of nitrogens with zero attached hydrogens (tertiary/aromatic N) is 1. The molecule has 1 saturated heterocycles. The van der Waals surface area contributed by atoms with E-state index >= 15 is 0 Å². The van der Waals surface area contributed by atoms with Crippen LogP contribution in [0.2, 0.25) is 0 Å². The summed E-state index contributed by atoms with van der Waals surface area (Å²) in [7, 11) is 0. The Hall–Kier alpha value is -5.28. The Morgan fingerprint density at radius 3 is 2.16 bits per heavy atom. The fraction of sp³-hybridized carbons (Fsp3) is 0.268. The summed E-state index contributed by atoms with van der Waals surface area (Å²) >= 11 is 5.06. The van der Waals surface area contributed by atoms with Crippen molar-refractivity contribution in [3.63, 3.8) is 0 Å². The van der Waals surface area contributed by atoms with Gasteiger partial charge in [0.2, 0.25) is 11.8 Å². The molecule has 14 heteroatoms. The van der Waals surface area contributed by atoms with Crippen LogP contribution in [0.15, 0.2) is 89.4 Å². The van der Waals surface area contributed by atoms with Gasteiger partial charge in [-0.25, -0.2) is 0 Å². The fourth-order valence-electron chi connectivity index (χ4n) is 6.25. The van der Waals surface area contributed by atoms with Crippen molar-refractivity contribution in [2.75, 3.05) is 39.6 Å². The summed E-state index contributed by atoms with van der Waals surface area (Å²) in [5.41, 5.74) is 1.40. The van der Waals surface area contributed by atoms with E-state index < -0.39 is 29.7 Å². The van der Waals surface area contributed by atoms with Gasteiger partial charge in [0.25, 0.3) is 11.8 Å². The van der Waals surface area contributed by atoms with Gasteiger partial charge in [-0.15, -0.1) is 11.3 Å². The maximum Gasteiger partial charge on any atom is 0.262 e. The second kappa shape index (κ2) is 17.5. The topological polar surface area (TPSA) is 150 Å². The van der Waals surface area contributed by atoms with Crippen LogP contribution >= 0.6 is 27.3 Å². The molecule has 3 heterocycles. The molecule has 0 spiro atoms. The minimum absolute atomic E-state index is 0.0658. The van der Waals surface area contributed by atoms with E-state index in [0.717, 1.165) is 42.1 Å². The number of fused-ring (bicyclic) bond motifs is 2. The van der Waals surface area contributed by atoms with Crippen LogP contribution in [0.4, 0.5) is 0 Å². The van der Waals surface area contributed by atoms with Crippen molar-refractivity contribution in [2.45, 2.75) is 31.7 Å². The zero-order valence-electron chi connectivity index (χ0n) is 29.6. The van der Waals surface area contributed by atoms with Crippen molar-refractivity contribution in [3.8, 4) is 39.2 Å². The van der Waals surface area contributed by atoms with Gasteiger partial charge in [-0.1, -0.05) is 28.1 Å². The number of hydrogen-bond donors (Lipinski definition) is 2. The van der Waals surface area contributed by atoms with E-state index in [0.29, 0.717) is 63.3 Å². The summed E-state index contributed by atoms with van der Waals surface area (Å²) in [6.07, 6.45) is 1.51. The Balaban J connectivity index is 0.767. The van der Waals surface area contributed by atoms with Crippen molar-refractivity contribution in [1.29, 1.82) is 0 Å². The molecule has 284 valence electrons. The van der Waals surface area contributed by atoms with Crippen molar-refractivity contribution in [3.05, 3.63) is 101 Å². The number of benzene rings is 4. The van der Waals surface area contributed by atoms with E-state index in [1.165, 1.54) is 12.1 Å². The number of carbonyl (C=O) groups is 4. The molecule has 0 bridgehead atoms. The highest BCUT2D eigenvalue weighted by atomic mass is 79.9. The third-order valence-electron chi connectivity index (χ3n) is 8.96. The van der Waals surface area contributed by atoms with Crippen LogP contribution in [0.5, 0.6) is 28.7 Å². The molecule has 2 aliphatic rings. The lowest BCUT2D eigenvalue weighted by Gasteiger charge is -2.27. The second-order valence-electron chi connectivity index (χ2n) is 12.8. The van der Waals surface area contributed by atoms with Crippen LogP contribution in [0, 0.1) is 0 Å². The summed E-state index contributed by atoms with van der Waals surface area (Å²) in [6.45, 7) is 2.70. The first-order chi connectivity index (χ1) is 26.7. The van der Waals surface area contributed by atoms with Gasteiger partial charge in [0.05, 0.1) is 29.2 Å². The highest BCUT2D eigenvalue weighted by Gasteiger charge is 2.44. The lowest BCUT2D eigenvalue weighted by atomic mass is 10.0. The predicted molar refractivity (Wildman–Crippen MR) is 208 cm³/mol. The van der Waals surface area contributed by atoms with E-state index in [2.05, 4.69) is 21.2 Å². The standard InChI is InChI=1S/C41H37BrN2O10S/c42-26-5-3-25(4-6-26)38-37(32-13-7-27(45)23-35(32)55-38)54-29-10-8-28(9-11-29)53-22-21-51-18-1-17-50-19-2-20-52-30-12-14-31-33(24-30)41(49)44(40(31)48)34-15-16-36(46)43-39(34)47/h3-14,23-24,34,45H,1-2,15-22H2,(H,43,46,47). The number of phenolic OH excluding ortho intramolecular Hbond substituents is 1. The van der Waals surface area contributed by atoms with Crippen molar-refractivity contribution < 1.29 is 48.0 Å². The molecule has 2 N–H and O–H groups in total. The number of carbonyl (C=O) groups excluding carboxylic acids is 4. The zero-order valence-corrected chi connectivity index (χ0v) is 32.0. The molecule has 0 aliphatic carbocycles. The number of rotatable bonds is 17. The molecule has 2 aliphatic heterocycles. The summed E-state index contributed by atoms with van der Waals surface area (Å²) in [6, 6.07) is 24.4. The Labute approximate surface area is 329 Å². The van der Waals surface area contributed by atoms with Crippen LogP contribution in [-0.4, -0.2) is 79.3 Å². The van der Waals surface area contributed by atoms with E-state index in [4.69, 9.17) is 23.7 Å². The van der Waals surface area contributed by atoms with Crippen LogP contribution in [-0.2, 0) is 19.1 Å². The number of amides is 4. The molecule has 7 rings (SSSR count). The molecule has 0 radical (unpaired) electrons. The number of hydrogen-bond acceptors (Lipinski definition) is 11. The summed E-state index contributed by atoms with van der Waals surface area (Å²) in [5.74, 6) is 0.554. The monoisotopic (exact) mass is 828 g/mol. The SMILES string of the molecule is O=C1CCC(N2C(=O)c3ccc(OCCCOCCCOCCOc4ccc(Oc5c(-c6ccc(Br)cc6)sc6cc(O)ccc56)cc4)cc3C2=O)C(=O)N1. The fourth-order valence-corrected chi connectivity index (χ4v) is 7.69. The molecule has 4 aromatic carbocycles. The second-order valence-corrected chi connectivity index (χ2v) is 14.8. The van der Waals surface area contributed by atoms with Crippen LogP contribution < -0.4 is 19.5 Å². The summed E-state index contributed by atoms with van der Waals surface area (Å²) in [4.78, 5) is 51.5. The van der Waals surface area contributed by atoms with Gasteiger partial charge in [-0.05, 0) is 91.2 Å². The number of thiophene rings is 1. The maximum absolute atomic E-state index is 13.0. The number of piperidine rings is 1. The average Bonchev–Trinajstić information content (AvgIpc) is 3.65. The van der Waals surface area contributed by atoms with Crippen molar-refractivity contribution in [1.82, 2.24) is 10.2 Å². The molecular formula is C41H37BrN2O10S. The minimum Gasteiger partial charge on any atom is -0.508 e. The first-order valence-corrected chi connectivity index (χ1v) is 19.4. The van der Waals surface area contributed by atoms with E-state index in [9.17, 15) is 24.3 Å². The normalized spacial score (nSPS) is 15.4. The van der Waals surface area contributed by atoms with Gasteiger partial charge >= 0.3 is 0 Å². The molecular weight excluding hydrogens is 792 g/mol. The van der Waals surface area contributed by atoms with Gasteiger partial charge in [0, 0.05) is 47.2 Å². The Kier molecular flexibility index (Phi) is 12.1. The highest BCUT2D eigenvalue weighted by molar-refractivity contribution is 9.10. The molecule has 1 aromatic heterocycles. The number of imide groups is 2. The van der Waals surface area contributed by atoms with E-state index in [1.54, 1.807) is 29.5 Å². The van der Waals surface area contributed by atoms with Gasteiger partial charge in [-0.3, -0.25) is 29.4 Å². The third-order valence-corrected chi connectivity index (χ3v) is 10.7. The van der Waals surface area contributed by atoms with Crippen molar-refractivity contribution in [2.24, 2.45) is 0 Å². The molecule has 1 unspecified atom stereocenters. The Morgan fingerprint density at radius 2 is 1.40 bits per heavy atom.